The second kappa shape index (κ2) is 16.4. The Bertz CT molecular complexity index is 1660. The second-order valence-electron chi connectivity index (χ2n) is 13.5. The topological polar surface area (TPSA) is 183 Å². The Kier molecular flexibility index (Phi) is 12.0. The number of pyridine rings is 1. The molecule has 1 unspecified atom stereocenters. The van der Waals surface area contributed by atoms with Crippen molar-refractivity contribution in [2.24, 2.45) is 5.92 Å². The Morgan fingerprint density at radius 1 is 1.10 bits per heavy atom. The molecule has 51 heavy (non-hydrogen) atoms. The van der Waals surface area contributed by atoms with E-state index in [1.54, 1.807) is 18.2 Å². The van der Waals surface area contributed by atoms with Crippen molar-refractivity contribution in [1.29, 1.82) is 0 Å². The molecule has 1 aromatic heterocycles. The number of nitrogens with one attached hydrogen (secondary N) is 2. The summed E-state index contributed by atoms with van der Waals surface area (Å²) in [5.41, 5.74) is -1.20. The Balaban J connectivity index is 1.38. The highest BCUT2D eigenvalue weighted by atomic mass is 16.6. The minimum Gasteiger partial charge on any atom is -0.497 e. The van der Waals surface area contributed by atoms with Gasteiger partial charge < -0.3 is 39.6 Å². The number of carboxylic acid groups (broad SMARTS) is 1. The molecule has 2 heterocycles. The number of unbranched alkanes of at least 4 members (excludes halogenated alkanes) is 3. The minimum atomic E-state index is -1.27. The molecular weight excluding hydrogens is 660 g/mol. The van der Waals surface area contributed by atoms with E-state index in [9.17, 15) is 29.1 Å². The van der Waals surface area contributed by atoms with E-state index in [1.165, 1.54) is 32.1 Å². The highest BCUT2D eigenvalue weighted by Gasteiger charge is 2.62. The Morgan fingerprint density at radius 3 is 2.55 bits per heavy atom. The van der Waals surface area contributed by atoms with Crippen LogP contribution in [0.15, 0.2) is 36.4 Å². The number of carbonyl (C=O) groups excluding carboxylic acids is 4. The molecule has 2 aromatic rings. The third-order valence-corrected chi connectivity index (χ3v) is 9.87. The molecule has 5 rings (SSSR count). The maximum absolute atomic E-state index is 14.1. The zero-order valence-electron chi connectivity index (χ0n) is 29.6. The molecule has 2 saturated carbocycles. The predicted molar refractivity (Wildman–Crippen MR) is 185 cm³/mol. The van der Waals surface area contributed by atoms with Gasteiger partial charge in [-0.2, -0.15) is 0 Å². The lowest BCUT2D eigenvalue weighted by Crippen LogP contribution is -2.56. The summed E-state index contributed by atoms with van der Waals surface area (Å²) >= 11 is 0. The highest BCUT2D eigenvalue weighted by Crippen LogP contribution is 2.46. The van der Waals surface area contributed by atoms with Gasteiger partial charge in [0.15, 0.2) is 5.69 Å². The summed E-state index contributed by atoms with van der Waals surface area (Å²) in [5.74, 6) is -2.55. The molecule has 0 bridgehead atoms. The summed E-state index contributed by atoms with van der Waals surface area (Å²) in [5, 5.41) is 15.8. The number of aromatic nitrogens is 1. The van der Waals surface area contributed by atoms with Crippen LogP contribution in [0.3, 0.4) is 0 Å². The lowest BCUT2D eigenvalue weighted by Gasteiger charge is -2.28. The molecule has 1 aliphatic heterocycles. The third kappa shape index (κ3) is 8.71. The SMILES string of the molecule is CCCCC/C=C\C1C[C@]1(NC(=O)[C@@H]1C[C@@H](Oc2cc(C(=O)O)nc3cc(OC)ccc23)CN1C(=O)[C@H](C)NC(=O)OC1CCCC1)C(=O)OC. The van der Waals surface area contributed by atoms with Crippen molar-refractivity contribution in [2.75, 3.05) is 20.8 Å². The van der Waals surface area contributed by atoms with Gasteiger partial charge in [-0.1, -0.05) is 31.9 Å². The summed E-state index contributed by atoms with van der Waals surface area (Å²) in [6.07, 6.45) is 10.2. The van der Waals surface area contributed by atoms with Crippen molar-refractivity contribution in [3.05, 3.63) is 42.1 Å². The van der Waals surface area contributed by atoms with Crippen LogP contribution < -0.4 is 20.1 Å². The van der Waals surface area contributed by atoms with Crippen LogP contribution in [0.4, 0.5) is 4.79 Å². The monoisotopic (exact) mass is 708 g/mol. The summed E-state index contributed by atoms with van der Waals surface area (Å²) < 4.78 is 22.2. The van der Waals surface area contributed by atoms with E-state index in [4.69, 9.17) is 18.9 Å². The van der Waals surface area contributed by atoms with Crippen molar-refractivity contribution in [1.82, 2.24) is 20.5 Å². The van der Waals surface area contributed by atoms with Crippen LogP contribution in [-0.4, -0.2) is 95.4 Å². The molecule has 0 radical (unpaired) electrons. The summed E-state index contributed by atoms with van der Waals surface area (Å²) in [7, 11) is 2.75. The molecule has 2 aliphatic carbocycles. The molecule has 14 nitrogen and oxygen atoms in total. The number of ether oxygens (including phenoxy) is 4. The van der Waals surface area contributed by atoms with E-state index >= 15 is 0 Å². The van der Waals surface area contributed by atoms with E-state index in [0.29, 0.717) is 23.1 Å². The molecule has 1 saturated heterocycles. The number of methoxy groups -OCH3 is 2. The van der Waals surface area contributed by atoms with Gasteiger partial charge in [0, 0.05) is 29.9 Å². The van der Waals surface area contributed by atoms with Crippen LogP contribution in [0.25, 0.3) is 10.9 Å². The first kappa shape index (κ1) is 37.4. The second-order valence-corrected chi connectivity index (χ2v) is 13.5. The first-order chi connectivity index (χ1) is 24.5. The molecule has 1 aromatic carbocycles. The number of allylic oxidation sites excluding steroid dienone is 1. The maximum atomic E-state index is 14.1. The van der Waals surface area contributed by atoms with Gasteiger partial charge in [-0.25, -0.2) is 19.4 Å². The molecule has 14 heteroatoms. The molecule has 0 spiro atoms. The number of esters is 1. The lowest BCUT2D eigenvalue weighted by molar-refractivity contribution is -0.148. The lowest BCUT2D eigenvalue weighted by atomic mass is 10.1. The van der Waals surface area contributed by atoms with Gasteiger partial charge in [-0.05, 0) is 64.0 Å². The summed E-state index contributed by atoms with van der Waals surface area (Å²) in [6.45, 7) is 3.58. The van der Waals surface area contributed by atoms with E-state index in [1.807, 2.05) is 12.2 Å². The van der Waals surface area contributed by atoms with Crippen molar-refractivity contribution < 1.29 is 48.0 Å². The summed E-state index contributed by atoms with van der Waals surface area (Å²) in [6, 6.07) is 4.13. The Hall–Kier alpha value is -4.88. The number of hydrogen-bond acceptors (Lipinski definition) is 10. The van der Waals surface area contributed by atoms with Crippen molar-refractivity contribution >= 4 is 40.7 Å². The normalized spacial score (nSPS) is 23.5. The van der Waals surface area contributed by atoms with Crippen LogP contribution in [0.1, 0.15) is 88.5 Å². The fourth-order valence-electron chi connectivity index (χ4n) is 6.95. The number of carbonyl (C=O) groups is 5. The number of benzene rings is 1. The predicted octanol–water partition coefficient (Wildman–Crippen LogP) is 4.53. The quantitative estimate of drug-likeness (QED) is 0.134. The molecular formula is C37H48N4O10. The van der Waals surface area contributed by atoms with Gasteiger partial charge in [-0.15, -0.1) is 0 Å². The largest absolute Gasteiger partial charge is 0.497 e. The number of amides is 3. The molecule has 5 atom stereocenters. The number of hydrogen-bond donors (Lipinski definition) is 3. The van der Waals surface area contributed by atoms with Gasteiger partial charge in [0.25, 0.3) is 0 Å². The van der Waals surface area contributed by atoms with Crippen LogP contribution in [0.5, 0.6) is 11.5 Å². The van der Waals surface area contributed by atoms with E-state index in [-0.39, 0.29) is 36.4 Å². The van der Waals surface area contributed by atoms with E-state index in [0.717, 1.165) is 51.4 Å². The molecule has 276 valence electrons. The van der Waals surface area contributed by atoms with Crippen LogP contribution in [-0.2, 0) is 23.9 Å². The van der Waals surface area contributed by atoms with Crippen LogP contribution in [0, 0.1) is 5.92 Å². The number of nitrogens with zero attached hydrogens (tertiary/aromatic N) is 2. The van der Waals surface area contributed by atoms with Gasteiger partial charge >= 0.3 is 18.0 Å². The Labute approximate surface area is 297 Å². The first-order valence-corrected chi connectivity index (χ1v) is 17.7. The minimum absolute atomic E-state index is 0.0218. The standard InChI is InChI=1S/C37H48N4O10/c1-5-6-7-8-9-12-23-20-37(23,35(46)49-4)40-32(42)30-18-26(21-41(30)33(43)22(2)38-36(47)51-24-13-10-11-14-24)50-31-19-29(34(44)45)39-28-17-25(48-3)15-16-27(28)31/h9,12,15-17,19,22-24,26,30H,5-8,10-11,13-14,18,20-21H2,1-4H3,(H,38,47)(H,40,42)(H,44,45)/b12-9-/t22-,23?,26+,30-,37+/m0/s1. The Morgan fingerprint density at radius 2 is 1.86 bits per heavy atom. The van der Waals surface area contributed by atoms with Crippen molar-refractivity contribution in [2.45, 2.75) is 108 Å². The molecule has 3 N–H and O–H groups in total. The number of aromatic carboxylic acids is 1. The van der Waals surface area contributed by atoms with Crippen molar-refractivity contribution in [3.8, 4) is 11.5 Å². The van der Waals surface area contributed by atoms with Gasteiger partial charge in [0.2, 0.25) is 11.8 Å². The third-order valence-electron chi connectivity index (χ3n) is 9.87. The zero-order valence-corrected chi connectivity index (χ0v) is 29.6. The average Bonchev–Trinajstić information content (AvgIpc) is 3.39. The zero-order chi connectivity index (χ0) is 36.7. The molecule has 3 fully saturated rings. The maximum Gasteiger partial charge on any atom is 0.408 e. The number of likely N-dealkylation sites (tertiary alicyclic amines) is 1. The van der Waals surface area contributed by atoms with Gasteiger partial charge in [-0.3, -0.25) is 9.59 Å². The van der Waals surface area contributed by atoms with Crippen LogP contribution in [0.2, 0.25) is 0 Å². The first-order valence-electron chi connectivity index (χ1n) is 17.7. The molecule has 3 aliphatic rings. The number of fused-ring (bicyclic) bond motifs is 1. The fourth-order valence-corrected chi connectivity index (χ4v) is 6.95. The van der Waals surface area contributed by atoms with E-state index in [2.05, 4.69) is 22.5 Å². The van der Waals surface area contributed by atoms with Gasteiger partial charge in [0.1, 0.15) is 41.3 Å². The number of alkyl carbamates (subject to hydrolysis) is 1. The highest BCUT2D eigenvalue weighted by molar-refractivity contribution is 5.97. The number of rotatable bonds is 15. The number of carboxylic acids is 1. The average molecular weight is 709 g/mol. The molecule has 3 amide bonds. The summed E-state index contributed by atoms with van der Waals surface area (Å²) in [4.78, 5) is 71.2. The van der Waals surface area contributed by atoms with Crippen LogP contribution >= 0.6 is 0 Å². The van der Waals surface area contributed by atoms with Crippen molar-refractivity contribution in [3.63, 3.8) is 0 Å². The smallest absolute Gasteiger partial charge is 0.408 e. The van der Waals surface area contributed by atoms with E-state index < -0.39 is 53.6 Å². The fraction of sp³-hybridized carbons (Fsp3) is 0.568. The van der Waals surface area contributed by atoms with Gasteiger partial charge in [0.05, 0.1) is 26.3 Å².